The lowest BCUT2D eigenvalue weighted by Crippen LogP contribution is -2.17. The minimum atomic E-state index is -0.374. The molecule has 4 nitrogen and oxygen atoms in total. The van der Waals surface area contributed by atoms with E-state index in [0.29, 0.717) is 6.42 Å². The molecule has 0 aliphatic heterocycles. The van der Waals surface area contributed by atoms with Gasteiger partial charge in [0.1, 0.15) is 0 Å². The van der Waals surface area contributed by atoms with Gasteiger partial charge in [-0.3, -0.25) is 9.59 Å². The van der Waals surface area contributed by atoms with Crippen LogP contribution in [0.2, 0.25) is 0 Å². The fourth-order valence-corrected chi connectivity index (χ4v) is 3.77. The molecule has 24 heavy (non-hydrogen) atoms. The Labute approximate surface area is 142 Å². The van der Waals surface area contributed by atoms with Crippen LogP contribution in [0.4, 0.5) is 0 Å². The maximum Gasteiger partial charge on any atom is 0.221 e. The van der Waals surface area contributed by atoms with Crippen molar-refractivity contribution in [2.75, 3.05) is 0 Å². The summed E-state index contributed by atoms with van der Waals surface area (Å²) in [6.07, 6.45) is 4.55. The maximum absolute atomic E-state index is 12.4. The van der Waals surface area contributed by atoms with Gasteiger partial charge in [0.15, 0.2) is 5.78 Å². The van der Waals surface area contributed by atoms with Gasteiger partial charge in [0.2, 0.25) is 5.91 Å². The zero-order valence-electron chi connectivity index (χ0n) is 14.2. The van der Waals surface area contributed by atoms with Crippen LogP contribution in [0.15, 0.2) is 30.3 Å². The molecule has 2 aromatic rings. The summed E-state index contributed by atoms with van der Waals surface area (Å²) < 4.78 is 2.24. The van der Waals surface area contributed by atoms with Crippen molar-refractivity contribution < 1.29 is 9.59 Å². The van der Waals surface area contributed by atoms with E-state index in [4.69, 9.17) is 5.73 Å². The summed E-state index contributed by atoms with van der Waals surface area (Å²) in [5.41, 5.74) is 10.5. The number of aromatic nitrogens is 1. The van der Waals surface area contributed by atoms with E-state index < -0.39 is 0 Å². The third-order valence-corrected chi connectivity index (χ3v) is 4.90. The third kappa shape index (κ3) is 3.28. The van der Waals surface area contributed by atoms with E-state index in [1.165, 1.54) is 5.56 Å². The van der Waals surface area contributed by atoms with Crippen molar-refractivity contribution >= 4 is 11.7 Å². The normalized spacial score (nSPS) is 13.8. The highest BCUT2D eigenvalue weighted by atomic mass is 16.1. The highest BCUT2D eigenvalue weighted by Crippen LogP contribution is 2.30. The van der Waals surface area contributed by atoms with E-state index in [-0.39, 0.29) is 18.1 Å². The molecule has 126 valence electrons. The lowest BCUT2D eigenvalue weighted by molar-refractivity contribution is -0.117. The molecule has 1 aliphatic carbocycles. The molecule has 2 N–H and O–H groups in total. The number of rotatable bonds is 6. The smallest absolute Gasteiger partial charge is 0.221 e. The molecule has 0 unspecified atom stereocenters. The van der Waals surface area contributed by atoms with E-state index in [1.807, 2.05) is 13.0 Å². The van der Waals surface area contributed by atoms with Crippen LogP contribution in [0.5, 0.6) is 0 Å². The fourth-order valence-electron chi connectivity index (χ4n) is 3.77. The summed E-state index contributed by atoms with van der Waals surface area (Å²) in [6.45, 7) is 2.88. The SMILES string of the molecule is Cc1c(CC(N)=O)c2c(n1CCCc1ccccc1)CCCC2=O. The molecule has 1 aliphatic rings. The molecule has 1 heterocycles. The number of amides is 1. The Hall–Kier alpha value is -2.36. The predicted molar refractivity (Wildman–Crippen MR) is 94.1 cm³/mol. The Bertz CT molecular complexity index is 760. The van der Waals surface area contributed by atoms with E-state index in [0.717, 1.165) is 54.7 Å². The minimum Gasteiger partial charge on any atom is -0.369 e. The van der Waals surface area contributed by atoms with Crippen molar-refractivity contribution in [3.63, 3.8) is 0 Å². The van der Waals surface area contributed by atoms with Gasteiger partial charge in [-0.15, -0.1) is 0 Å². The van der Waals surface area contributed by atoms with Crippen LogP contribution >= 0.6 is 0 Å². The fraction of sp³-hybridized carbons (Fsp3) is 0.400. The predicted octanol–water partition coefficient (Wildman–Crippen LogP) is 2.98. The van der Waals surface area contributed by atoms with Gasteiger partial charge in [-0.25, -0.2) is 0 Å². The van der Waals surface area contributed by atoms with Crippen LogP contribution in [-0.2, 0) is 30.6 Å². The van der Waals surface area contributed by atoms with Gasteiger partial charge < -0.3 is 10.3 Å². The number of fused-ring (bicyclic) bond motifs is 1. The number of carbonyl (C=O) groups excluding carboxylic acids is 2. The van der Waals surface area contributed by atoms with Crippen molar-refractivity contribution in [2.24, 2.45) is 5.73 Å². The first-order valence-electron chi connectivity index (χ1n) is 8.64. The van der Waals surface area contributed by atoms with Crippen molar-refractivity contribution in [3.8, 4) is 0 Å². The van der Waals surface area contributed by atoms with Crippen molar-refractivity contribution in [2.45, 2.75) is 52.0 Å². The molecule has 0 saturated carbocycles. The summed E-state index contributed by atoms with van der Waals surface area (Å²) in [6, 6.07) is 10.4. The number of nitrogens with two attached hydrogens (primary N) is 1. The first kappa shape index (κ1) is 16.5. The second kappa shape index (κ2) is 7.04. The van der Waals surface area contributed by atoms with Gasteiger partial charge in [0.05, 0.1) is 6.42 Å². The first-order chi connectivity index (χ1) is 11.6. The average Bonchev–Trinajstić information content (AvgIpc) is 2.82. The van der Waals surface area contributed by atoms with Crippen LogP contribution < -0.4 is 5.73 Å². The number of primary amides is 1. The summed E-state index contributed by atoms with van der Waals surface area (Å²) in [7, 11) is 0. The number of benzene rings is 1. The Morgan fingerprint density at radius 1 is 1.21 bits per heavy atom. The average molecular weight is 324 g/mol. The standard InChI is InChI=1S/C20H24N2O2/c1-14-16(13-19(21)24)20-17(10-5-11-18(20)23)22(14)12-6-9-15-7-3-2-4-8-15/h2-4,7-8H,5-6,9-13H2,1H3,(H2,21,24). The van der Waals surface area contributed by atoms with Crippen LogP contribution in [0.25, 0.3) is 0 Å². The molecule has 0 fully saturated rings. The van der Waals surface area contributed by atoms with Crippen LogP contribution in [0, 0.1) is 6.92 Å². The highest BCUT2D eigenvalue weighted by Gasteiger charge is 2.28. The van der Waals surface area contributed by atoms with E-state index >= 15 is 0 Å². The Morgan fingerprint density at radius 2 is 1.96 bits per heavy atom. The first-order valence-corrected chi connectivity index (χ1v) is 8.64. The van der Waals surface area contributed by atoms with Crippen LogP contribution in [0.3, 0.4) is 0 Å². The number of carbonyl (C=O) groups is 2. The van der Waals surface area contributed by atoms with Crippen molar-refractivity contribution in [1.29, 1.82) is 0 Å². The summed E-state index contributed by atoms with van der Waals surface area (Å²) in [5.74, 6) is -0.210. The number of hydrogen-bond acceptors (Lipinski definition) is 2. The van der Waals surface area contributed by atoms with E-state index in [9.17, 15) is 9.59 Å². The Kier molecular flexibility index (Phi) is 4.84. The summed E-state index contributed by atoms with van der Waals surface area (Å²) in [5, 5.41) is 0. The Morgan fingerprint density at radius 3 is 2.67 bits per heavy atom. The maximum atomic E-state index is 12.4. The molecular formula is C20H24N2O2. The Balaban J connectivity index is 1.84. The molecule has 0 atom stereocenters. The molecule has 0 radical (unpaired) electrons. The van der Waals surface area contributed by atoms with Gasteiger partial charge in [0.25, 0.3) is 0 Å². The van der Waals surface area contributed by atoms with Gasteiger partial charge in [-0.2, -0.15) is 0 Å². The molecule has 0 spiro atoms. The summed E-state index contributed by atoms with van der Waals surface area (Å²) in [4.78, 5) is 23.8. The molecular weight excluding hydrogens is 300 g/mol. The molecule has 0 bridgehead atoms. The lowest BCUT2D eigenvalue weighted by Gasteiger charge is -2.16. The second-order valence-corrected chi connectivity index (χ2v) is 6.55. The number of Topliss-reactive ketones (excluding diaryl/α,β-unsaturated/α-hetero) is 1. The van der Waals surface area contributed by atoms with E-state index in [2.05, 4.69) is 28.8 Å². The van der Waals surface area contributed by atoms with Gasteiger partial charge >= 0.3 is 0 Å². The van der Waals surface area contributed by atoms with Crippen LogP contribution in [0.1, 0.15) is 52.1 Å². The topological polar surface area (TPSA) is 65.1 Å². The second-order valence-electron chi connectivity index (χ2n) is 6.55. The highest BCUT2D eigenvalue weighted by molar-refractivity contribution is 6.01. The van der Waals surface area contributed by atoms with Crippen LogP contribution in [-0.4, -0.2) is 16.3 Å². The molecule has 3 rings (SSSR count). The minimum absolute atomic E-state index is 0.158. The third-order valence-electron chi connectivity index (χ3n) is 4.90. The lowest BCUT2D eigenvalue weighted by atomic mass is 9.92. The van der Waals surface area contributed by atoms with Crippen molar-refractivity contribution in [3.05, 3.63) is 58.4 Å². The van der Waals surface area contributed by atoms with E-state index in [1.54, 1.807) is 0 Å². The molecule has 1 aromatic carbocycles. The molecule has 0 saturated heterocycles. The zero-order valence-corrected chi connectivity index (χ0v) is 14.2. The zero-order chi connectivity index (χ0) is 17.1. The van der Waals surface area contributed by atoms with Gasteiger partial charge in [0, 0.05) is 29.9 Å². The van der Waals surface area contributed by atoms with Crippen molar-refractivity contribution in [1.82, 2.24) is 4.57 Å². The quantitative estimate of drug-likeness (QED) is 0.888. The summed E-state index contributed by atoms with van der Waals surface area (Å²) >= 11 is 0. The number of aryl methyl sites for hydroxylation is 1. The monoisotopic (exact) mass is 324 g/mol. The van der Waals surface area contributed by atoms with Gasteiger partial charge in [-0.1, -0.05) is 30.3 Å². The van der Waals surface area contributed by atoms with Gasteiger partial charge in [-0.05, 0) is 43.7 Å². The number of nitrogens with zero attached hydrogens (tertiary/aromatic N) is 1. The molecule has 1 amide bonds. The molecule has 1 aromatic heterocycles. The number of hydrogen-bond donors (Lipinski definition) is 1. The molecule has 4 heteroatoms. The number of ketones is 1. The largest absolute Gasteiger partial charge is 0.369 e.